The molecule has 0 atom stereocenters. The van der Waals surface area contributed by atoms with Gasteiger partial charge in [0.15, 0.2) is 6.61 Å². The van der Waals surface area contributed by atoms with E-state index >= 15 is 0 Å². The van der Waals surface area contributed by atoms with Crippen LogP contribution in [0.2, 0.25) is 0 Å². The summed E-state index contributed by atoms with van der Waals surface area (Å²) in [4.78, 5) is 23.4. The summed E-state index contributed by atoms with van der Waals surface area (Å²) in [6.45, 7) is 0.599. The Morgan fingerprint density at radius 3 is 2.48 bits per heavy atom. The third-order valence-corrected chi connectivity index (χ3v) is 4.18. The molecule has 0 radical (unpaired) electrons. The summed E-state index contributed by atoms with van der Waals surface area (Å²) < 4.78 is 5.48. The molecule has 1 saturated carbocycles. The van der Waals surface area contributed by atoms with Crippen LogP contribution in [-0.4, -0.2) is 31.0 Å². The van der Waals surface area contributed by atoms with Gasteiger partial charge in [0.25, 0.3) is 5.91 Å². The van der Waals surface area contributed by atoms with Crippen LogP contribution in [0.5, 0.6) is 5.75 Å². The maximum absolute atomic E-state index is 11.8. The van der Waals surface area contributed by atoms with Crippen LogP contribution in [0.4, 0.5) is 0 Å². The third-order valence-electron chi connectivity index (χ3n) is 4.18. The summed E-state index contributed by atoms with van der Waals surface area (Å²) in [5.74, 6) is 0.479. The lowest BCUT2D eigenvalue weighted by Crippen LogP contribution is -2.30. The van der Waals surface area contributed by atoms with Crippen molar-refractivity contribution in [2.75, 3.05) is 13.2 Å². The minimum absolute atomic E-state index is 0.0413. The van der Waals surface area contributed by atoms with Crippen LogP contribution in [0.3, 0.4) is 0 Å². The number of rotatable bonds is 9. The number of amides is 2. The molecule has 2 amide bonds. The molecule has 5 heteroatoms. The van der Waals surface area contributed by atoms with Gasteiger partial charge in [-0.1, -0.05) is 42.5 Å². The average Bonchev–Trinajstić information content (AvgIpc) is 3.50. The van der Waals surface area contributed by atoms with E-state index in [-0.39, 0.29) is 18.4 Å². The van der Waals surface area contributed by atoms with E-state index in [2.05, 4.69) is 10.6 Å². The summed E-state index contributed by atoms with van der Waals surface area (Å²) in [6, 6.07) is 17.6. The monoisotopic (exact) mass is 364 g/mol. The molecular weight excluding hydrogens is 340 g/mol. The molecule has 2 N–H and O–H groups in total. The molecule has 1 fully saturated rings. The van der Waals surface area contributed by atoms with Crippen molar-refractivity contribution in [2.45, 2.75) is 25.3 Å². The van der Waals surface area contributed by atoms with Crippen LogP contribution in [0.1, 0.15) is 24.0 Å². The number of nitrogens with one attached hydrogen (secondary N) is 2. The Kier molecular flexibility index (Phi) is 6.63. The van der Waals surface area contributed by atoms with Crippen LogP contribution in [-0.2, 0) is 16.0 Å². The number of ether oxygens (including phenoxy) is 1. The van der Waals surface area contributed by atoms with Gasteiger partial charge >= 0.3 is 0 Å². The van der Waals surface area contributed by atoms with Gasteiger partial charge in [0, 0.05) is 18.7 Å². The second-order valence-corrected chi connectivity index (χ2v) is 6.56. The molecule has 3 rings (SSSR count). The van der Waals surface area contributed by atoms with Gasteiger partial charge < -0.3 is 15.4 Å². The highest BCUT2D eigenvalue weighted by atomic mass is 16.5. The second-order valence-electron chi connectivity index (χ2n) is 6.56. The van der Waals surface area contributed by atoms with Crippen molar-refractivity contribution < 1.29 is 14.3 Å². The van der Waals surface area contributed by atoms with Crippen LogP contribution < -0.4 is 15.4 Å². The topological polar surface area (TPSA) is 67.4 Å². The first kappa shape index (κ1) is 18.7. The minimum Gasteiger partial charge on any atom is -0.484 e. The Morgan fingerprint density at radius 1 is 1.04 bits per heavy atom. The molecule has 140 valence electrons. The molecule has 5 nitrogen and oxygen atoms in total. The van der Waals surface area contributed by atoms with Gasteiger partial charge in [0.05, 0.1) is 0 Å². The molecule has 0 heterocycles. The molecule has 0 aromatic heterocycles. The molecule has 0 aliphatic heterocycles. The summed E-state index contributed by atoms with van der Waals surface area (Å²) in [5, 5.41) is 5.76. The highest BCUT2D eigenvalue weighted by Gasteiger charge is 2.23. The molecule has 2 aromatic carbocycles. The number of hydrogen-bond acceptors (Lipinski definition) is 3. The first-order valence-electron chi connectivity index (χ1n) is 9.21. The maximum Gasteiger partial charge on any atom is 0.258 e. The summed E-state index contributed by atoms with van der Waals surface area (Å²) in [6.07, 6.45) is 6.20. The molecular formula is C22H24N2O3. The van der Waals surface area contributed by atoms with E-state index in [4.69, 9.17) is 4.74 Å². The third kappa shape index (κ3) is 6.98. The molecule has 0 unspecified atom stereocenters. The second kappa shape index (κ2) is 9.57. The molecule has 1 aliphatic carbocycles. The van der Waals surface area contributed by atoms with E-state index < -0.39 is 0 Å². The first-order valence-corrected chi connectivity index (χ1v) is 9.21. The van der Waals surface area contributed by atoms with Gasteiger partial charge in [0.1, 0.15) is 5.75 Å². The Bertz CT molecular complexity index is 781. The van der Waals surface area contributed by atoms with E-state index in [0.29, 0.717) is 18.3 Å². The lowest BCUT2D eigenvalue weighted by molar-refractivity contribution is -0.123. The molecule has 0 saturated heterocycles. The Hall–Kier alpha value is -3.08. The predicted molar refractivity (Wildman–Crippen MR) is 105 cm³/mol. The van der Waals surface area contributed by atoms with E-state index in [1.807, 2.05) is 54.6 Å². The van der Waals surface area contributed by atoms with Crippen LogP contribution in [0, 0.1) is 0 Å². The standard InChI is InChI=1S/C22H24N2O3/c25-21(13-8-17-4-2-1-3-5-17)23-15-14-18-6-11-20(12-7-18)27-16-22(26)24-19-9-10-19/h1-8,11-13,19H,9-10,14-16H2,(H,23,25)(H,24,26)/b13-8+. The smallest absolute Gasteiger partial charge is 0.258 e. The van der Waals surface area contributed by atoms with Crippen molar-refractivity contribution >= 4 is 17.9 Å². The maximum atomic E-state index is 11.8. The van der Waals surface area contributed by atoms with Crippen molar-refractivity contribution in [1.29, 1.82) is 0 Å². The highest BCUT2D eigenvalue weighted by Crippen LogP contribution is 2.18. The average molecular weight is 364 g/mol. The number of carbonyl (C=O) groups is 2. The van der Waals surface area contributed by atoms with Gasteiger partial charge in [-0.05, 0) is 48.6 Å². The van der Waals surface area contributed by atoms with Crippen molar-refractivity contribution in [3.8, 4) is 5.75 Å². The van der Waals surface area contributed by atoms with Gasteiger partial charge in [-0.25, -0.2) is 0 Å². The molecule has 27 heavy (non-hydrogen) atoms. The van der Waals surface area contributed by atoms with E-state index in [0.717, 1.165) is 30.4 Å². The van der Waals surface area contributed by atoms with Gasteiger partial charge in [-0.15, -0.1) is 0 Å². The normalized spacial score (nSPS) is 13.3. The first-order chi connectivity index (χ1) is 13.2. The molecule has 0 spiro atoms. The van der Waals surface area contributed by atoms with E-state index in [1.54, 1.807) is 12.2 Å². The van der Waals surface area contributed by atoms with Crippen LogP contribution in [0.25, 0.3) is 6.08 Å². The van der Waals surface area contributed by atoms with E-state index in [9.17, 15) is 9.59 Å². The predicted octanol–water partition coefficient (Wildman–Crippen LogP) is 2.72. The minimum atomic E-state index is -0.111. The van der Waals surface area contributed by atoms with Crippen molar-refractivity contribution in [3.63, 3.8) is 0 Å². The fourth-order valence-corrected chi connectivity index (χ4v) is 2.52. The summed E-state index contributed by atoms with van der Waals surface area (Å²) >= 11 is 0. The zero-order valence-corrected chi connectivity index (χ0v) is 15.2. The van der Waals surface area contributed by atoms with Gasteiger partial charge in [-0.3, -0.25) is 9.59 Å². The lowest BCUT2D eigenvalue weighted by Gasteiger charge is -2.08. The largest absolute Gasteiger partial charge is 0.484 e. The zero-order chi connectivity index (χ0) is 18.9. The van der Waals surface area contributed by atoms with Crippen molar-refractivity contribution in [2.24, 2.45) is 0 Å². The summed E-state index contributed by atoms with van der Waals surface area (Å²) in [5.41, 5.74) is 2.09. The molecule has 2 aromatic rings. The van der Waals surface area contributed by atoms with E-state index in [1.165, 1.54) is 0 Å². The Morgan fingerprint density at radius 2 is 1.78 bits per heavy atom. The van der Waals surface area contributed by atoms with Gasteiger partial charge in [0.2, 0.25) is 5.91 Å². The lowest BCUT2D eigenvalue weighted by atomic mass is 10.1. The highest BCUT2D eigenvalue weighted by molar-refractivity contribution is 5.91. The summed E-state index contributed by atoms with van der Waals surface area (Å²) in [7, 11) is 0. The van der Waals surface area contributed by atoms with Crippen molar-refractivity contribution in [1.82, 2.24) is 10.6 Å². The van der Waals surface area contributed by atoms with Crippen molar-refractivity contribution in [3.05, 3.63) is 71.8 Å². The van der Waals surface area contributed by atoms with Crippen LogP contribution in [0.15, 0.2) is 60.7 Å². The quantitative estimate of drug-likeness (QED) is 0.673. The number of carbonyl (C=O) groups excluding carboxylic acids is 2. The number of benzene rings is 2. The van der Waals surface area contributed by atoms with Crippen LogP contribution >= 0.6 is 0 Å². The zero-order valence-electron chi connectivity index (χ0n) is 15.2. The molecule has 1 aliphatic rings. The Labute approximate surface area is 159 Å². The molecule has 0 bridgehead atoms. The van der Waals surface area contributed by atoms with Gasteiger partial charge in [-0.2, -0.15) is 0 Å². The fraction of sp³-hybridized carbons (Fsp3) is 0.273. The Balaban J connectivity index is 1.35. The SMILES string of the molecule is O=C(/C=C/c1ccccc1)NCCc1ccc(OCC(=O)NC2CC2)cc1. The fourth-order valence-electron chi connectivity index (χ4n) is 2.52. The number of hydrogen-bond donors (Lipinski definition) is 2.